The fourth-order valence-corrected chi connectivity index (χ4v) is 1.82. The van der Waals surface area contributed by atoms with Gasteiger partial charge in [-0.1, -0.05) is 11.6 Å². The van der Waals surface area contributed by atoms with Crippen molar-refractivity contribution in [1.29, 1.82) is 0 Å². The molecular formula is C12H10ClNO4. The van der Waals surface area contributed by atoms with Crippen LogP contribution in [0.4, 0.5) is 0 Å². The molecule has 1 aliphatic rings. The van der Waals surface area contributed by atoms with E-state index in [1.165, 1.54) is 19.3 Å². The van der Waals surface area contributed by atoms with E-state index in [4.69, 9.17) is 21.1 Å². The second-order valence-electron chi connectivity index (χ2n) is 3.57. The molecule has 1 N–H and O–H groups in total. The lowest BCUT2D eigenvalue weighted by Gasteiger charge is -2.07. The minimum atomic E-state index is -0.532. The van der Waals surface area contributed by atoms with Crippen LogP contribution in [-0.4, -0.2) is 24.1 Å². The van der Waals surface area contributed by atoms with E-state index in [1.807, 2.05) is 0 Å². The molecule has 94 valence electrons. The molecule has 0 atom stereocenters. The van der Waals surface area contributed by atoms with E-state index in [-0.39, 0.29) is 28.1 Å². The molecule has 0 aliphatic carbocycles. The molecule has 18 heavy (non-hydrogen) atoms. The molecule has 1 aliphatic heterocycles. The summed E-state index contributed by atoms with van der Waals surface area (Å²) < 4.78 is 9.75. The number of rotatable bonds is 2. The average Bonchev–Trinajstić information content (AvgIpc) is 2.62. The average molecular weight is 268 g/mol. The van der Waals surface area contributed by atoms with Crippen molar-refractivity contribution in [2.24, 2.45) is 4.99 Å². The number of nitrogens with zero attached hydrogens (tertiary/aromatic N) is 1. The minimum Gasteiger partial charge on any atom is -0.504 e. The predicted octanol–water partition coefficient (Wildman–Crippen LogP) is 2.37. The molecule has 1 aromatic rings. The molecule has 1 heterocycles. The van der Waals surface area contributed by atoms with Gasteiger partial charge in [0.2, 0.25) is 0 Å². The summed E-state index contributed by atoms with van der Waals surface area (Å²) in [5, 5.41) is 9.73. The highest BCUT2D eigenvalue weighted by Gasteiger charge is 2.21. The summed E-state index contributed by atoms with van der Waals surface area (Å²) in [6, 6.07) is 2.98. The molecular weight excluding hydrogens is 258 g/mol. The molecule has 0 unspecified atom stereocenters. The van der Waals surface area contributed by atoms with Crippen molar-refractivity contribution in [3.05, 3.63) is 28.4 Å². The summed E-state index contributed by atoms with van der Waals surface area (Å²) in [4.78, 5) is 15.3. The number of methoxy groups -OCH3 is 1. The number of hydrogen-bond donors (Lipinski definition) is 1. The third kappa shape index (κ3) is 2.17. The first-order valence-corrected chi connectivity index (χ1v) is 5.45. The van der Waals surface area contributed by atoms with Crippen LogP contribution in [0.5, 0.6) is 11.5 Å². The third-order valence-corrected chi connectivity index (χ3v) is 2.72. The van der Waals surface area contributed by atoms with E-state index < -0.39 is 5.97 Å². The third-order valence-electron chi connectivity index (χ3n) is 2.33. The van der Waals surface area contributed by atoms with E-state index in [9.17, 15) is 9.90 Å². The summed E-state index contributed by atoms with van der Waals surface area (Å²) in [7, 11) is 1.39. The van der Waals surface area contributed by atoms with Crippen LogP contribution in [-0.2, 0) is 9.53 Å². The molecule has 0 spiro atoms. The van der Waals surface area contributed by atoms with E-state index in [2.05, 4.69) is 4.99 Å². The van der Waals surface area contributed by atoms with E-state index >= 15 is 0 Å². The zero-order chi connectivity index (χ0) is 13.3. The normalized spacial score (nSPS) is 16.7. The maximum absolute atomic E-state index is 11.4. The zero-order valence-corrected chi connectivity index (χ0v) is 10.5. The fraction of sp³-hybridized carbons (Fsp3) is 0.167. The number of hydrogen-bond acceptors (Lipinski definition) is 5. The molecule has 0 bridgehead atoms. The molecule has 0 saturated carbocycles. The Morgan fingerprint density at radius 3 is 2.78 bits per heavy atom. The fourth-order valence-electron chi connectivity index (χ4n) is 1.53. The first-order chi connectivity index (χ1) is 8.52. The van der Waals surface area contributed by atoms with Gasteiger partial charge in [-0.25, -0.2) is 9.79 Å². The maximum atomic E-state index is 11.4. The molecule has 5 nitrogen and oxygen atoms in total. The van der Waals surface area contributed by atoms with Gasteiger partial charge in [-0.2, -0.15) is 0 Å². The Morgan fingerprint density at radius 2 is 2.22 bits per heavy atom. The van der Waals surface area contributed by atoms with Gasteiger partial charge in [0, 0.05) is 6.92 Å². The molecule has 0 amide bonds. The number of halogens is 1. The number of carbonyl (C=O) groups is 1. The Balaban J connectivity index is 2.48. The Hall–Kier alpha value is -2.01. The molecule has 2 rings (SSSR count). The van der Waals surface area contributed by atoms with Crippen LogP contribution in [0.3, 0.4) is 0 Å². The summed E-state index contributed by atoms with van der Waals surface area (Å²) in [6.45, 7) is 1.58. The van der Waals surface area contributed by atoms with Gasteiger partial charge in [0.25, 0.3) is 0 Å². The molecule has 0 fully saturated rings. The molecule has 0 radical (unpaired) electrons. The lowest BCUT2D eigenvalue weighted by atomic mass is 10.1. The number of esters is 1. The number of aromatic hydroxyl groups is 1. The molecule has 0 saturated heterocycles. The highest BCUT2D eigenvalue weighted by molar-refractivity contribution is 6.34. The maximum Gasteiger partial charge on any atom is 0.363 e. The van der Waals surface area contributed by atoms with Crippen LogP contribution in [0.2, 0.25) is 5.02 Å². The SMILES string of the molecule is COc1c(O)ccc(/C=C2\N=C(C)OC2=O)c1Cl. The number of cyclic esters (lactones) is 1. The van der Waals surface area contributed by atoms with Crippen molar-refractivity contribution in [1.82, 2.24) is 0 Å². The summed E-state index contributed by atoms with van der Waals surface area (Å²) in [5.74, 6) is -0.167. The lowest BCUT2D eigenvalue weighted by Crippen LogP contribution is -2.00. The second-order valence-corrected chi connectivity index (χ2v) is 3.95. The standard InChI is InChI=1S/C12H10ClNO4/c1-6-14-8(12(16)18-6)5-7-3-4-9(15)11(17-2)10(7)13/h3-5,15H,1-2H3/b8-5-. The topological polar surface area (TPSA) is 68.1 Å². The highest BCUT2D eigenvalue weighted by atomic mass is 35.5. The van der Waals surface area contributed by atoms with Crippen molar-refractivity contribution in [3.63, 3.8) is 0 Å². The number of aliphatic imine (C=N–C) groups is 1. The van der Waals surface area contributed by atoms with Gasteiger partial charge in [-0.15, -0.1) is 0 Å². The molecule has 0 aromatic heterocycles. The quantitative estimate of drug-likeness (QED) is 0.660. The molecule has 1 aromatic carbocycles. The summed E-state index contributed by atoms with van der Waals surface area (Å²) in [5.41, 5.74) is 0.666. The van der Waals surface area contributed by atoms with Gasteiger partial charge >= 0.3 is 5.97 Å². The minimum absolute atomic E-state index is 0.0710. The van der Waals surface area contributed by atoms with Crippen molar-refractivity contribution < 1.29 is 19.4 Å². The Bertz CT molecular complexity index is 578. The number of phenols is 1. The van der Waals surface area contributed by atoms with Gasteiger partial charge in [-0.3, -0.25) is 0 Å². The number of ether oxygens (including phenoxy) is 2. The van der Waals surface area contributed by atoms with Crippen molar-refractivity contribution in [2.45, 2.75) is 6.92 Å². The number of benzene rings is 1. The number of carbonyl (C=O) groups excluding carboxylic acids is 1. The molecule has 6 heteroatoms. The van der Waals surface area contributed by atoms with Gasteiger partial charge in [-0.05, 0) is 23.8 Å². The second kappa shape index (κ2) is 4.70. The summed E-state index contributed by atoms with van der Waals surface area (Å²) >= 11 is 6.05. The van der Waals surface area contributed by atoms with Gasteiger partial charge in [0.1, 0.15) is 0 Å². The van der Waals surface area contributed by atoms with Gasteiger partial charge < -0.3 is 14.6 Å². The van der Waals surface area contributed by atoms with Crippen molar-refractivity contribution >= 4 is 29.5 Å². The Labute approximate surface area is 108 Å². The Morgan fingerprint density at radius 1 is 1.50 bits per heavy atom. The first-order valence-electron chi connectivity index (χ1n) is 5.07. The van der Waals surface area contributed by atoms with Crippen LogP contribution < -0.4 is 4.74 Å². The smallest absolute Gasteiger partial charge is 0.363 e. The summed E-state index contributed by atoms with van der Waals surface area (Å²) in [6.07, 6.45) is 1.48. The first kappa shape index (κ1) is 12.4. The van der Waals surface area contributed by atoms with Crippen LogP contribution in [0, 0.1) is 0 Å². The zero-order valence-electron chi connectivity index (χ0n) is 9.73. The van der Waals surface area contributed by atoms with Crippen molar-refractivity contribution in [2.75, 3.05) is 7.11 Å². The predicted molar refractivity (Wildman–Crippen MR) is 66.8 cm³/mol. The number of phenolic OH excluding ortho intramolecular Hbond substituents is 1. The van der Waals surface area contributed by atoms with Crippen LogP contribution >= 0.6 is 11.6 Å². The largest absolute Gasteiger partial charge is 0.504 e. The monoisotopic (exact) mass is 267 g/mol. The van der Waals surface area contributed by atoms with E-state index in [0.29, 0.717) is 5.56 Å². The van der Waals surface area contributed by atoms with Gasteiger partial charge in [0.05, 0.1) is 12.1 Å². The van der Waals surface area contributed by atoms with E-state index in [0.717, 1.165) is 0 Å². The van der Waals surface area contributed by atoms with Gasteiger partial charge in [0.15, 0.2) is 23.1 Å². The lowest BCUT2D eigenvalue weighted by molar-refractivity contribution is -0.130. The highest BCUT2D eigenvalue weighted by Crippen LogP contribution is 2.37. The van der Waals surface area contributed by atoms with Crippen LogP contribution in [0.1, 0.15) is 12.5 Å². The van der Waals surface area contributed by atoms with Crippen molar-refractivity contribution in [3.8, 4) is 11.5 Å². The van der Waals surface area contributed by atoms with E-state index in [1.54, 1.807) is 13.0 Å². The van der Waals surface area contributed by atoms with Crippen LogP contribution in [0.15, 0.2) is 22.8 Å². The van der Waals surface area contributed by atoms with Crippen LogP contribution in [0.25, 0.3) is 6.08 Å². The Kier molecular flexibility index (Phi) is 3.25.